The van der Waals surface area contributed by atoms with E-state index < -0.39 is 40.1 Å². The number of rotatable bonds is 0. The molecule has 1 aromatic carbocycles. The maximum atomic E-state index is 12.6. The minimum Gasteiger partial charge on any atom is -0.693 e. The van der Waals surface area contributed by atoms with Crippen LogP contribution < -0.4 is 5.26 Å². The van der Waals surface area contributed by atoms with Crippen LogP contribution in [0.1, 0.15) is 41.5 Å². The van der Waals surface area contributed by atoms with Gasteiger partial charge in [-0.3, -0.25) is 0 Å². The number of carbonyl (C=O) groups is 4. The van der Waals surface area contributed by atoms with Crippen LogP contribution in [0.5, 0.6) is 0 Å². The van der Waals surface area contributed by atoms with Crippen molar-refractivity contribution < 1.29 is 46.8 Å². The van der Waals surface area contributed by atoms with E-state index >= 15 is 0 Å². The summed E-state index contributed by atoms with van der Waals surface area (Å²) in [5, 5.41) is 29.8. The van der Waals surface area contributed by atoms with Crippen molar-refractivity contribution in [2.24, 2.45) is 5.41 Å². The first-order valence-corrected chi connectivity index (χ1v) is 8.60. The van der Waals surface area contributed by atoms with Gasteiger partial charge >= 0.3 is 17.1 Å². The summed E-state index contributed by atoms with van der Waals surface area (Å²) in [6.07, 6.45) is 0. The third-order valence-corrected chi connectivity index (χ3v) is 4.20. The van der Waals surface area contributed by atoms with Crippen LogP contribution in [0.3, 0.4) is 0 Å². The molecule has 4 amide bonds. The molecule has 0 bridgehead atoms. The summed E-state index contributed by atoms with van der Waals surface area (Å²) in [5.74, 6) is -3.00. The normalized spacial score (nSPS) is 19.9. The molecular weight excluding hydrogens is 436 g/mol. The van der Waals surface area contributed by atoms with E-state index in [0.717, 1.165) is 0 Å². The van der Waals surface area contributed by atoms with Gasteiger partial charge in [-0.25, -0.2) is 0 Å². The van der Waals surface area contributed by atoms with Gasteiger partial charge in [-0.1, -0.05) is 63.0 Å². The summed E-state index contributed by atoms with van der Waals surface area (Å²) in [5.41, 5.74) is -4.26. The van der Waals surface area contributed by atoms with E-state index in [1.165, 1.54) is 53.7 Å². The number of benzene rings is 1. The van der Waals surface area contributed by atoms with E-state index in [-0.39, 0.29) is 28.4 Å². The van der Waals surface area contributed by atoms with E-state index in [9.17, 15) is 19.2 Å². The van der Waals surface area contributed by atoms with Crippen LogP contribution >= 0.6 is 0 Å². The minimum absolute atomic E-state index is 0. The Morgan fingerprint density at radius 2 is 0.933 bits per heavy atom. The SMILES string of the molecule is CC1(C)[N-]C(=O)C(C)(C)C(=O)[N-]C(C)(C)C(=O)[N-]c2ccccc2[N-]C1=O.[Fe+3].[O][O-]. The molecule has 0 atom stereocenters. The monoisotopic (exact) mass is 458 g/mol. The molecule has 0 aliphatic carbocycles. The van der Waals surface area contributed by atoms with E-state index in [1.54, 1.807) is 12.1 Å². The molecule has 1 aliphatic heterocycles. The van der Waals surface area contributed by atoms with Crippen LogP contribution in [0, 0.1) is 5.41 Å². The first-order valence-electron chi connectivity index (χ1n) is 8.60. The summed E-state index contributed by atoms with van der Waals surface area (Å²) in [7, 11) is 0. The number of nitrogens with zero attached hydrogens (tertiary/aromatic N) is 4. The van der Waals surface area contributed by atoms with Crippen molar-refractivity contribution in [2.45, 2.75) is 52.6 Å². The Morgan fingerprint density at radius 1 is 0.633 bits per heavy atom. The molecule has 0 spiro atoms. The van der Waals surface area contributed by atoms with E-state index in [0.29, 0.717) is 0 Å². The minimum atomic E-state index is -1.63. The first kappa shape index (κ1) is 27.5. The molecule has 11 heteroatoms. The van der Waals surface area contributed by atoms with Crippen LogP contribution in [0.4, 0.5) is 11.4 Å². The zero-order valence-electron chi connectivity index (χ0n) is 17.4. The Labute approximate surface area is 185 Å². The fourth-order valence-corrected chi connectivity index (χ4v) is 2.12. The average Bonchev–Trinajstić information content (AvgIpc) is 2.63. The maximum absolute atomic E-state index is 12.6. The van der Waals surface area contributed by atoms with Crippen molar-refractivity contribution >= 4 is 35.0 Å². The summed E-state index contributed by atoms with van der Waals surface area (Å²) in [6.45, 7) is 8.45. The van der Waals surface area contributed by atoms with Gasteiger partial charge in [0.05, 0.1) is 11.8 Å². The molecule has 164 valence electrons. The molecular formula is C19H22FeN4O6-2. The fourth-order valence-electron chi connectivity index (χ4n) is 2.12. The van der Waals surface area contributed by atoms with E-state index in [4.69, 9.17) is 10.5 Å². The Hall–Kier alpha value is -2.46. The third kappa shape index (κ3) is 6.02. The third-order valence-electron chi connectivity index (χ3n) is 4.20. The number of carbonyl (C=O) groups excluding carboxylic acids is 4. The molecule has 30 heavy (non-hydrogen) atoms. The predicted molar refractivity (Wildman–Crippen MR) is 102 cm³/mol. The Morgan fingerprint density at radius 3 is 1.23 bits per heavy atom. The van der Waals surface area contributed by atoms with Crippen molar-refractivity contribution in [3.8, 4) is 0 Å². The molecule has 0 aromatic heterocycles. The van der Waals surface area contributed by atoms with Crippen LogP contribution in [-0.2, 0) is 41.5 Å². The van der Waals surface area contributed by atoms with Crippen molar-refractivity contribution in [3.05, 3.63) is 45.5 Å². The van der Waals surface area contributed by atoms with E-state index in [1.807, 2.05) is 0 Å². The Kier molecular flexibility index (Phi) is 9.21. The first-order chi connectivity index (χ1) is 13.3. The van der Waals surface area contributed by atoms with E-state index in [2.05, 4.69) is 21.3 Å². The van der Waals surface area contributed by atoms with Gasteiger partial charge in [0, 0.05) is 17.2 Å². The van der Waals surface area contributed by atoms with Crippen molar-refractivity contribution in [3.63, 3.8) is 0 Å². The number of fused-ring (bicyclic) bond motifs is 1. The molecule has 0 saturated heterocycles. The molecule has 0 N–H and O–H groups in total. The Bertz CT molecular complexity index is 758. The second-order valence-electron chi connectivity index (χ2n) is 7.90. The van der Waals surface area contributed by atoms with Gasteiger partial charge in [0.2, 0.25) is 0 Å². The summed E-state index contributed by atoms with van der Waals surface area (Å²) >= 11 is 0. The molecule has 0 unspecified atom stereocenters. The zero-order chi connectivity index (χ0) is 22.6. The number of hydrogen-bond donors (Lipinski definition) is 0. The Balaban J connectivity index is 0.00000272. The van der Waals surface area contributed by atoms with Crippen LogP contribution in [0.25, 0.3) is 21.3 Å². The molecule has 0 fully saturated rings. The number of para-hydroxylation sites is 2. The summed E-state index contributed by atoms with van der Waals surface area (Å²) in [4.78, 5) is 50.4. The summed E-state index contributed by atoms with van der Waals surface area (Å²) < 4.78 is 0. The molecule has 0 saturated carbocycles. The molecule has 2 radical (unpaired) electrons. The van der Waals surface area contributed by atoms with Gasteiger partial charge in [-0.15, -0.1) is 11.4 Å². The molecule has 1 aliphatic rings. The van der Waals surface area contributed by atoms with Gasteiger partial charge in [-0.2, -0.15) is 0 Å². The number of amides is 4. The molecule has 2 rings (SSSR count). The molecule has 10 nitrogen and oxygen atoms in total. The number of hydrogen-bond acceptors (Lipinski definition) is 5. The van der Waals surface area contributed by atoms with Crippen molar-refractivity contribution in [1.82, 2.24) is 0 Å². The van der Waals surface area contributed by atoms with Crippen LogP contribution in [0.15, 0.2) is 24.3 Å². The van der Waals surface area contributed by atoms with Gasteiger partial charge in [0.25, 0.3) is 0 Å². The van der Waals surface area contributed by atoms with Crippen LogP contribution in [0.2, 0.25) is 0 Å². The quantitative estimate of drug-likeness (QED) is 0.252. The second-order valence-corrected chi connectivity index (χ2v) is 7.90. The fraction of sp³-hybridized carbons (Fsp3) is 0.474. The molecule has 1 aromatic rings. The van der Waals surface area contributed by atoms with Gasteiger partial charge in [0.15, 0.2) is 0 Å². The standard InChI is InChI=1S/C19H26N4O4.Fe.O2/c1-17(2)13(24)22-18(3,4)15(26)20-11-9-7-8-10-12(11)21-16(27)19(5,6)23-14(17)25;;1-2/h7-10H,1-6H3,(H4,20,21,22,23,24,25,26,27);;/q;+3;-1/p-4. The van der Waals surface area contributed by atoms with Crippen molar-refractivity contribution in [2.75, 3.05) is 0 Å². The zero-order valence-corrected chi connectivity index (χ0v) is 18.5. The predicted octanol–water partition coefficient (Wildman–Crippen LogP) is 2.84. The van der Waals surface area contributed by atoms with Gasteiger partial charge < -0.3 is 51.0 Å². The smallest absolute Gasteiger partial charge is 0.693 e. The largest absolute Gasteiger partial charge is 3.00 e. The maximum Gasteiger partial charge on any atom is 3.00 e. The van der Waals surface area contributed by atoms with Crippen molar-refractivity contribution in [1.29, 1.82) is 0 Å². The average molecular weight is 458 g/mol. The topological polar surface area (TPSA) is 168 Å². The summed E-state index contributed by atoms with van der Waals surface area (Å²) in [6, 6.07) is 6.35. The second kappa shape index (κ2) is 10.0. The van der Waals surface area contributed by atoms with Gasteiger partial charge in [-0.05, 0) is 13.8 Å². The van der Waals surface area contributed by atoms with Crippen LogP contribution in [-0.4, -0.2) is 34.7 Å². The van der Waals surface area contributed by atoms with Gasteiger partial charge in [0.1, 0.15) is 0 Å². The molecule has 1 heterocycles.